The Morgan fingerprint density at radius 3 is 2.33 bits per heavy atom. The summed E-state index contributed by atoms with van der Waals surface area (Å²) in [4.78, 5) is 11.4. The number of halogens is 2. The molecule has 0 aromatic rings. The number of amides is 1. The first-order chi connectivity index (χ1) is 9.59. The van der Waals surface area contributed by atoms with E-state index in [1.54, 1.807) is 20.8 Å². The maximum Gasteiger partial charge on any atom is 0.407 e. The van der Waals surface area contributed by atoms with Crippen molar-refractivity contribution in [2.45, 2.75) is 70.9 Å². The summed E-state index contributed by atoms with van der Waals surface area (Å²) in [5, 5.41) is 5.02. The Kier molecular flexibility index (Phi) is 6.38. The molecule has 124 valence electrons. The highest BCUT2D eigenvalue weighted by molar-refractivity contribution is 5.67. The second kappa shape index (κ2) is 7.38. The Morgan fingerprint density at radius 2 is 1.81 bits per heavy atom. The summed E-state index contributed by atoms with van der Waals surface area (Å²) in [6, 6.07) is 0.0832. The zero-order valence-electron chi connectivity index (χ0n) is 13.5. The third-order valence-corrected chi connectivity index (χ3v) is 3.68. The van der Waals surface area contributed by atoms with E-state index in [9.17, 15) is 13.6 Å². The lowest BCUT2D eigenvalue weighted by Gasteiger charge is -2.25. The molecule has 1 saturated carbocycles. The Labute approximate surface area is 126 Å². The van der Waals surface area contributed by atoms with Gasteiger partial charge in [-0.1, -0.05) is 12.8 Å². The fraction of sp³-hybridized carbons (Fsp3) is 0.933. The first-order valence-electron chi connectivity index (χ1n) is 7.67. The highest BCUT2D eigenvalue weighted by Crippen LogP contribution is 2.27. The molecule has 1 fully saturated rings. The zero-order valence-corrected chi connectivity index (χ0v) is 13.5. The standard InChI is InChI=1S/C15H28F2N2O2/c1-11(12-7-5-6-8-12)18-9-15(16,17)10-19-13(20)21-14(2,3)4/h11-12,18H,5-10H2,1-4H3,(H,19,20). The molecule has 1 rings (SSSR count). The van der Waals surface area contributed by atoms with Crippen molar-refractivity contribution in [2.24, 2.45) is 5.92 Å². The van der Waals surface area contributed by atoms with Crippen LogP contribution < -0.4 is 10.6 Å². The number of alkyl carbamates (subject to hydrolysis) is 1. The molecule has 1 aliphatic rings. The SMILES string of the molecule is CC(NCC(F)(F)CNC(=O)OC(C)(C)C)C1CCCC1. The Hall–Kier alpha value is -0.910. The Balaban J connectivity index is 2.27. The van der Waals surface area contributed by atoms with Crippen LogP contribution in [0.5, 0.6) is 0 Å². The quantitative estimate of drug-likeness (QED) is 0.791. The monoisotopic (exact) mass is 306 g/mol. The van der Waals surface area contributed by atoms with Crippen LogP contribution in [0.4, 0.5) is 13.6 Å². The predicted molar refractivity (Wildman–Crippen MR) is 78.6 cm³/mol. The molecule has 0 aromatic heterocycles. The summed E-state index contributed by atoms with van der Waals surface area (Å²) in [5.74, 6) is -2.50. The number of ether oxygens (including phenoxy) is 1. The number of rotatable bonds is 6. The van der Waals surface area contributed by atoms with Crippen molar-refractivity contribution in [2.75, 3.05) is 13.1 Å². The molecule has 2 N–H and O–H groups in total. The van der Waals surface area contributed by atoms with Crippen molar-refractivity contribution in [3.05, 3.63) is 0 Å². The van der Waals surface area contributed by atoms with Crippen LogP contribution in [0, 0.1) is 5.92 Å². The van der Waals surface area contributed by atoms with Crippen molar-refractivity contribution in [3.63, 3.8) is 0 Å². The van der Waals surface area contributed by atoms with Crippen LogP contribution >= 0.6 is 0 Å². The minimum absolute atomic E-state index is 0.0832. The van der Waals surface area contributed by atoms with Gasteiger partial charge in [-0.2, -0.15) is 0 Å². The minimum Gasteiger partial charge on any atom is -0.444 e. The summed E-state index contributed by atoms with van der Waals surface area (Å²) < 4.78 is 32.4. The molecule has 0 saturated heterocycles. The molecule has 21 heavy (non-hydrogen) atoms. The van der Waals surface area contributed by atoms with E-state index < -0.39 is 30.7 Å². The number of alkyl halides is 2. The number of hydrogen-bond donors (Lipinski definition) is 2. The number of carbonyl (C=O) groups excluding carboxylic acids is 1. The maximum atomic E-state index is 13.7. The largest absolute Gasteiger partial charge is 0.444 e. The lowest BCUT2D eigenvalue weighted by Crippen LogP contribution is -2.47. The summed E-state index contributed by atoms with van der Waals surface area (Å²) in [6.45, 7) is 5.88. The topological polar surface area (TPSA) is 50.4 Å². The van der Waals surface area contributed by atoms with E-state index in [4.69, 9.17) is 4.74 Å². The fourth-order valence-electron chi connectivity index (χ4n) is 2.51. The molecule has 1 aliphatic carbocycles. The van der Waals surface area contributed by atoms with E-state index in [-0.39, 0.29) is 6.04 Å². The van der Waals surface area contributed by atoms with Gasteiger partial charge in [0, 0.05) is 6.04 Å². The van der Waals surface area contributed by atoms with E-state index in [0.29, 0.717) is 5.92 Å². The Morgan fingerprint density at radius 1 is 1.24 bits per heavy atom. The van der Waals surface area contributed by atoms with Gasteiger partial charge in [-0.3, -0.25) is 0 Å². The number of carbonyl (C=O) groups is 1. The highest BCUT2D eigenvalue weighted by atomic mass is 19.3. The molecule has 1 atom stereocenters. The first kappa shape index (κ1) is 18.1. The van der Waals surface area contributed by atoms with Crippen LogP contribution in [0.25, 0.3) is 0 Å². The van der Waals surface area contributed by atoms with Gasteiger partial charge >= 0.3 is 6.09 Å². The second-order valence-corrected chi connectivity index (χ2v) is 6.93. The van der Waals surface area contributed by atoms with Crippen LogP contribution in [0.3, 0.4) is 0 Å². The van der Waals surface area contributed by atoms with Gasteiger partial charge in [-0.15, -0.1) is 0 Å². The molecule has 0 aromatic carbocycles. The van der Waals surface area contributed by atoms with Gasteiger partial charge in [-0.05, 0) is 46.5 Å². The van der Waals surface area contributed by atoms with Gasteiger partial charge < -0.3 is 15.4 Å². The minimum atomic E-state index is -2.98. The first-order valence-corrected chi connectivity index (χ1v) is 7.67. The van der Waals surface area contributed by atoms with Gasteiger partial charge in [0.1, 0.15) is 5.60 Å². The van der Waals surface area contributed by atoms with Crippen LogP contribution in [0.2, 0.25) is 0 Å². The van der Waals surface area contributed by atoms with Crippen molar-refractivity contribution in [1.82, 2.24) is 10.6 Å². The molecule has 6 heteroatoms. The molecule has 1 amide bonds. The molecular formula is C15H28F2N2O2. The van der Waals surface area contributed by atoms with Crippen molar-refractivity contribution < 1.29 is 18.3 Å². The zero-order chi connectivity index (χ0) is 16.1. The smallest absolute Gasteiger partial charge is 0.407 e. The van der Waals surface area contributed by atoms with Crippen molar-refractivity contribution >= 4 is 6.09 Å². The van der Waals surface area contributed by atoms with E-state index in [0.717, 1.165) is 12.8 Å². The molecule has 0 heterocycles. The van der Waals surface area contributed by atoms with Crippen LogP contribution in [-0.2, 0) is 4.74 Å². The lowest BCUT2D eigenvalue weighted by molar-refractivity contribution is -0.00645. The average Bonchev–Trinajstić information content (AvgIpc) is 2.85. The van der Waals surface area contributed by atoms with E-state index in [1.165, 1.54) is 12.8 Å². The van der Waals surface area contributed by atoms with Crippen LogP contribution in [0.15, 0.2) is 0 Å². The normalized spacial score (nSPS) is 18.6. The van der Waals surface area contributed by atoms with Gasteiger partial charge in [-0.25, -0.2) is 13.6 Å². The average molecular weight is 306 g/mol. The molecule has 0 spiro atoms. The summed E-state index contributed by atoms with van der Waals surface area (Å²) in [7, 11) is 0. The molecular weight excluding hydrogens is 278 g/mol. The maximum absolute atomic E-state index is 13.7. The summed E-state index contributed by atoms with van der Waals surface area (Å²) in [6.07, 6.45) is 3.78. The summed E-state index contributed by atoms with van der Waals surface area (Å²) >= 11 is 0. The molecule has 0 radical (unpaired) electrons. The van der Waals surface area contributed by atoms with Crippen LogP contribution in [-0.4, -0.2) is 36.7 Å². The van der Waals surface area contributed by atoms with E-state index >= 15 is 0 Å². The molecule has 0 aliphatic heterocycles. The van der Waals surface area contributed by atoms with Gasteiger partial charge in [0.05, 0.1) is 13.1 Å². The third-order valence-electron chi connectivity index (χ3n) is 3.68. The third kappa shape index (κ3) is 7.60. The van der Waals surface area contributed by atoms with Crippen molar-refractivity contribution in [1.29, 1.82) is 0 Å². The molecule has 4 nitrogen and oxygen atoms in total. The van der Waals surface area contributed by atoms with Crippen molar-refractivity contribution in [3.8, 4) is 0 Å². The predicted octanol–water partition coefficient (Wildman–Crippen LogP) is 3.31. The van der Waals surface area contributed by atoms with Gasteiger partial charge in [0.15, 0.2) is 0 Å². The lowest BCUT2D eigenvalue weighted by atomic mass is 10.00. The number of hydrogen-bond acceptors (Lipinski definition) is 3. The number of nitrogens with one attached hydrogen (secondary N) is 2. The second-order valence-electron chi connectivity index (χ2n) is 6.93. The van der Waals surface area contributed by atoms with Crippen LogP contribution in [0.1, 0.15) is 53.4 Å². The van der Waals surface area contributed by atoms with Gasteiger partial charge in [0.25, 0.3) is 5.92 Å². The Bertz CT molecular complexity index is 337. The summed E-state index contributed by atoms with van der Waals surface area (Å²) in [5.41, 5.74) is -0.686. The highest BCUT2D eigenvalue weighted by Gasteiger charge is 2.32. The van der Waals surface area contributed by atoms with E-state index in [2.05, 4.69) is 10.6 Å². The van der Waals surface area contributed by atoms with E-state index in [1.807, 2.05) is 6.92 Å². The fourth-order valence-corrected chi connectivity index (χ4v) is 2.51. The molecule has 1 unspecified atom stereocenters. The molecule has 0 bridgehead atoms. The van der Waals surface area contributed by atoms with Gasteiger partial charge in [0.2, 0.25) is 0 Å².